The second kappa shape index (κ2) is 6.58. The summed E-state index contributed by atoms with van der Waals surface area (Å²) in [6.45, 7) is 2.97. The fourth-order valence-electron chi connectivity index (χ4n) is 4.14. The molecule has 2 aromatic carbocycles. The lowest BCUT2D eigenvalue weighted by Crippen LogP contribution is -2.34. The molecule has 0 amide bonds. The van der Waals surface area contributed by atoms with Crippen molar-refractivity contribution in [1.82, 2.24) is 0 Å². The molecular weight excluding hydrogens is 298 g/mol. The highest BCUT2D eigenvalue weighted by Crippen LogP contribution is 2.38. The van der Waals surface area contributed by atoms with Crippen molar-refractivity contribution in [2.45, 2.75) is 38.4 Å². The predicted octanol–water partition coefficient (Wildman–Crippen LogP) is 3.61. The van der Waals surface area contributed by atoms with Gasteiger partial charge in [0, 0.05) is 25.9 Å². The first kappa shape index (κ1) is 15.7. The lowest BCUT2D eigenvalue weighted by atomic mass is 9.88. The highest BCUT2D eigenvalue weighted by atomic mass is 16.5. The van der Waals surface area contributed by atoms with Gasteiger partial charge >= 0.3 is 0 Å². The smallest absolute Gasteiger partial charge is 0.104 e. The number of ether oxygens (including phenoxy) is 1. The van der Waals surface area contributed by atoms with Crippen LogP contribution in [0.15, 0.2) is 36.4 Å². The van der Waals surface area contributed by atoms with E-state index in [-0.39, 0.29) is 0 Å². The number of hydrogen-bond acceptors (Lipinski definition) is 3. The minimum atomic E-state index is -0.555. The van der Waals surface area contributed by atoms with Gasteiger partial charge < -0.3 is 14.7 Å². The first-order valence-electron chi connectivity index (χ1n) is 8.93. The summed E-state index contributed by atoms with van der Waals surface area (Å²) >= 11 is 0. The number of rotatable bonds is 4. The van der Waals surface area contributed by atoms with Crippen LogP contribution in [-0.2, 0) is 24.2 Å². The Morgan fingerprint density at radius 2 is 1.62 bits per heavy atom. The Kier molecular flexibility index (Phi) is 4.30. The predicted molar refractivity (Wildman–Crippen MR) is 96.5 cm³/mol. The quantitative estimate of drug-likeness (QED) is 0.933. The Bertz CT molecular complexity index is 692. The molecule has 0 saturated heterocycles. The van der Waals surface area contributed by atoms with E-state index in [4.69, 9.17) is 4.74 Å². The van der Waals surface area contributed by atoms with Crippen LogP contribution in [0.2, 0.25) is 0 Å². The van der Waals surface area contributed by atoms with E-state index >= 15 is 0 Å². The van der Waals surface area contributed by atoms with Crippen molar-refractivity contribution >= 4 is 5.69 Å². The molecule has 24 heavy (non-hydrogen) atoms. The van der Waals surface area contributed by atoms with Gasteiger partial charge in [-0.05, 0) is 53.5 Å². The molecule has 126 valence electrons. The summed E-state index contributed by atoms with van der Waals surface area (Å²) in [5.41, 5.74) is 7.41. The highest BCUT2D eigenvalue weighted by Gasteiger charge is 2.25. The number of aliphatic hydroxyl groups is 1. The molecule has 2 heterocycles. The number of anilines is 1. The minimum Gasteiger partial charge on any atom is -0.384 e. The van der Waals surface area contributed by atoms with Crippen LogP contribution in [-0.4, -0.2) is 25.3 Å². The van der Waals surface area contributed by atoms with Crippen LogP contribution in [0.3, 0.4) is 0 Å². The van der Waals surface area contributed by atoms with Crippen LogP contribution >= 0.6 is 0 Å². The molecule has 4 rings (SSSR count). The first-order chi connectivity index (χ1) is 11.8. The second-order valence-corrected chi connectivity index (χ2v) is 6.96. The summed E-state index contributed by atoms with van der Waals surface area (Å²) < 4.78 is 5.15. The molecule has 1 atom stereocenters. The molecule has 0 aromatic heterocycles. The summed E-state index contributed by atoms with van der Waals surface area (Å²) in [4.78, 5) is 2.54. The monoisotopic (exact) mass is 323 g/mol. The highest BCUT2D eigenvalue weighted by molar-refractivity contribution is 5.64. The summed E-state index contributed by atoms with van der Waals surface area (Å²) in [6, 6.07) is 12.5. The Hall–Kier alpha value is -1.84. The maximum atomic E-state index is 10.9. The van der Waals surface area contributed by atoms with E-state index in [1.54, 1.807) is 7.11 Å². The Labute approximate surface area is 143 Å². The molecule has 0 bridgehead atoms. The van der Waals surface area contributed by atoms with Crippen molar-refractivity contribution in [3.8, 4) is 0 Å². The third kappa shape index (κ3) is 2.83. The molecule has 2 aliphatic rings. The SMILES string of the molecule is COCc1ccc(C(O)c2cc3c4c(c2)CCCN4CCC3)cc1. The van der Waals surface area contributed by atoms with Crippen molar-refractivity contribution in [1.29, 1.82) is 0 Å². The van der Waals surface area contributed by atoms with E-state index in [0.29, 0.717) is 6.61 Å². The van der Waals surface area contributed by atoms with Crippen LogP contribution in [0.4, 0.5) is 5.69 Å². The molecule has 1 unspecified atom stereocenters. The van der Waals surface area contributed by atoms with Crippen molar-refractivity contribution in [3.63, 3.8) is 0 Å². The van der Waals surface area contributed by atoms with Gasteiger partial charge in [0.1, 0.15) is 6.10 Å². The minimum absolute atomic E-state index is 0.555. The molecular formula is C21H25NO2. The maximum Gasteiger partial charge on any atom is 0.104 e. The number of methoxy groups -OCH3 is 1. The van der Waals surface area contributed by atoms with E-state index in [1.165, 1.54) is 42.7 Å². The third-order valence-electron chi connectivity index (χ3n) is 5.28. The number of aliphatic hydroxyl groups excluding tert-OH is 1. The van der Waals surface area contributed by atoms with Crippen molar-refractivity contribution < 1.29 is 9.84 Å². The zero-order valence-electron chi connectivity index (χ0n) is 14.3. The molecule has 0 radical (unpaired) electrons. The van der Waals surface area contributed by atoms with E-state index in [1.807, 2.05) is 24.3 Å². The maximum absolute atomic E-state index is 10.9. The van der Waals surface area contributed by atoms with Gasteiger partial charge in [-0.15, -0.1) is 0 Å². The Balaban J connectivity index is 1.66. The van der Waals surface area contributed by atoms with Gasteiger partial charge in [0.15, 0.2) is 0 Å². The Morgan fingerprint density at radius 1 is 1.00 bits per heavy atom. The van der Waals surface area contributed by atoms with Crippen LogP contribution in [0.5, 0.6) is 0 Å². The molecule has 3 heteroatoms. The van der Waals surface area contributed by atoms with Gasteiger partial charge in [-0.25, -0.2) is 0 Å². The number of hydrogen-bond donors (Lipinski definition) is 1. The van der Waals surface area contributed by atoms with E-state index in [0.717, 1.165) is 29.5 Å². The van der Waals surface area contributed by atoms with Gasteiger partial charge in [-0.3, -0.25) is 0 Å². The summed E-state index contributed by atoms with van der Waals surface area (Å²) in [6.07, 6.45) is 4.15. The molecule has 0 spiro atoms. The number of aryl methyl sites for hydroxylation is 2. The van der Waals surface area contributed by atoms with Crippen molar-refractivity contribution in [3.05, 3.63) is 64.2 Å². The van der Waals surface area contributed by atoms with Crippen LogP contribution in [0.1, 0.15) is 46.8 Å². The van der Waals surface area contributed by atoms with Crippen LogP contribution < -0.4 is 4.90 Å². The van der Waals surface area contributed by atoms with E-state index < -0.39 is 6.10 Å². The second-order valence-electron chi connectivity index (χ2n) is 6.96. The van der Waals surface area contributed by atoms with Gasteiger partial charge in [0.25, 0.3) is 0 Å². The topological polar surface area (TPSA) is 32.7 Å². The summed E-state index contributed by atoms with van der Waals surface area (Å²) in [5, 5.41) is 10.9. The fourth-order valence-corrected chi connectivity index (χ4v) is 4.14. The lowest BCUT2D eigenvalue weighted by Gasteiger charge is -2.37. The molecule has 0 fully saturated rings. The summed E-state index contributed by atoms with van der Waals surface area (Å²) in [7, 11) is 1.70. The largest absolute Gasteiger partial charge is 0.384 e. The lowest BCUT2D eigenvalue weighted by molar-refractivity contribution is 0.184. The van der Waals surface area contributed by atoms with E-state index in [9.17, 15) is 5.11 Å². The standard InChI is InChI=1S/C21H25NO2/c1-24-14-15-6-8-16(9-7-15)21(23)19-12-17-4-2-10-22-11-3-5-18(13-19)20(17)22/h6-9,12-13,21,23H,2-5,10-11,14H2,1H3. The molecule has 1 N–H and O–H groups in total. The summed E-state index contributed by atoms with van der Waals surface area (Å²) in [5.74, 6) is 0. The molecule has 2 aliphatic heterocycles. The van der Waals surface area contributed by atoms with E-state index in [2.05, 4.69) is 17.0 Å². The zero-order valence-corrected chi connectivity index (χ0v) is 14.3. The van der Waals surface area contributed by atoms with Crippen LogP contribution in [0.25, 0.3) is 0 Å². The van der Waals surface area contributed by atoms with Gasteiger partial charge in [-0.1, -0.05) is 36.4 Å². The molecule has 0 saturated carbocycles. The van der Waals surface area contributed by atoms with Crippen molar-refractivity contribution in [2.24, 2.45) is 0 Å². The molecule has 0 aliphatic carbocycles. The average molecular weight is 323 g/mol. The number of nitrogens with zero attached hydrogens (tertiary/aromatic N) is 1. The normalized spacial score (nSPS) is 17.5. The molecule has 3 nitrogen and oxygen atoms in total. The van der Waals surface area contributed by atoms with Gasteiger partial charge in [-0.2, -0.15) is 0 Å². The van der Waals surface area contributed by atoms with Gasteiger partial charge in [0.2, 0.25) is 0 Å². The molecule has 2 aromatic rings. The van der Waals surface area contributed by atoms with Crippen molar-refractivity contribution in [2.75, 3.05) is 25.1 Å². The fraction of sp³-hybridized carbons (Fsp3) is 0.429. The zero-order chi connectivity index (χ0) is 16.5. The average Bonchev–Trinajstić information content (AvgIpc) is 2.62. The number of benzene rings is 2. The first-order valence-corrected chi connectivity index (χ1v) is 8.93. The Morgan fingerprint density at radius 3 is 2.21 bits per heavy atom. The third-order valence-corrected chi connectivity index (χ3v) is 5.28. The van der Waals surface area contributed by atoms with Crippen LogP contribution in [0, 0.1) is 0 Å². The van der Waals surface area contributed by atoms with Gasteiger partial charge in [0.05, 0.1) is 6.61 Å².